The number of aliphatic hydroxyl groups is 1. The number of likely N-dealkylation sites (N-methyl/N-ethyl adjacent to an activating group) is 1. The number of hydrogen-bond donors (Lipinski definition) is 2. The topological polar surface area (TPSA) is 41.5 Å². The van der Waals surface area contributed by atoms with Gasteiger partial charge in [0.2, 0.25) is 0 Å². The van der Waals surface area contributed by atoms with Crippen LogP contribution in [0.25, 0.3) is 0 Å². The summed E-state index contributed by atoms with van der Waals surface area (Å²) >= 11 is 0. The lowest BCUT2D eigenvalue weighted by molar-refractivity contribution is 0.181. The molecule has 0 radical (unpaired) electrons. The molecule has 0 amide bonds. The number of ether oxygens (including phenoxy) is 1. The second kappa shape index (κ2) is 9.40. The molecule has 0 heterocycles. The van der Waals surface area contributed by atoms with Crippen LogP contribution >= 0.6 is 0 Å². The Morgan fingerprint density at radius 2 is 2.12 bits per heavy atom. The van der Waals surface area contributed by atoms with E-state index in [-0.39, 0.29) is 12.1 Å². The zero-order chi connectivity index (χ0) is 13.1. The van der Waals surface area contributed by atoms with Crippen LogP contribution in [0, 0.1) is 0 Å². The van der Waals surface area contributed by atoms with E-state index in [9.17, 15) is 5.11 Å². The Kier molecular flexibility index (Phi) is 9.04. The maximum atomic E-state index is 9.35. The minimum absolute atomic E-state index is 0.153. The highest BCUT2D eigenvalue weighted by atomic mass is 16.5. The lowest BCUT2D eigenvalue weighted by atomic mass is 9.91. The van der Waals surface area contributed by atoms with Gasteiger partial charge >= 0.3 is 0 Å². The van der Waals surface area contributed by atoms with E-state index in [4.69, 9.17) is 4.74 Å². The van der Waals surface area contributed by atoms with Gasteiger partial charge in [-0.1, -0.05) is 23.8 Å². The van der Waals surface area contributed by atoms with Crippen LogP contribution in [-0.2, 0) is 4.74 Å². The average Bonchev–Trinajstić information content (AvgIpc) is 2.37. The van der Waals surface area contributed by atoms with Crippen molar-refractivity contribution < 1.29 is 9.84 Å². The van der Waals surface area contributed by atoms with E-state index in [1.807, 2.05) is 20.0 Å². The molecule has 0 aromatic rings. The first kappa shape index (κ1) is 16.4. The van der Waals surface area contributed by atoms with E-state index in [0.717, 1.165) is 19.3 Å². The monoisotopic (exact) mass is 241 g/mol. The van der Waals surface area contributed by atoms with Crippen molar-refractivity contribution in [3.8, 4) is 0 Å². The molecule has 3 heteroatoms. The van der Waals surface area contributed by atoms with Crippen molar-refractivity contribution in [3.05, 3.63) is 23.8 Å². The van der Waals surface area contributed by atoms with Crippen LogP contribution < -0.4 is 5.32 Å². The standard InChI is InChI=1S/C14H27NO2/c1-5-13(9-7-6-8-10-17-4)11-14(2,12-16)15-3/h5-6,8,15-16H,7,9-12H2,1-4H3. The Labute approximate surface area is 106 Å². The minimum atomic E-state index is -0.210. The summed E-state index contributed by atoms with van der Waals surface area (Å²) in [4.78, 5) is 0. The van der Waals surface area contributed by atoms with Crippen molar-refractivity contribution >= 4 is 0 Å². The van der Waals surface area contributed by atoms with Crippen LogP contribution in [0.4, 0.5) is 0 Å². The average molecular weight is 241 g/mol. The molecule has 0 aliphatic heterocycles. The van der Waals surface area contributed by atoms with Gasteiger partial charge in [0.25, 0.3) is 0 Å². The predicted molar refractivity (Wildman–Crippen MR) is 73.2 cm³/mol. The fourth-order valence-corrected chi connectivity index (χ4v) is 1.61. The van der Waals surface area contributed by atoms with Crippen molar-refractivity contribution in [2.24, 2.45) is 0 Å². The summed E-state index contributed by atoms with van der Waals surface area (Å²) in [5.74, 6) is 0. The van der Waals surface area contributed by atoms with E-state index in [1.54, 1.807) is 7.11 Å². The van der Waals surface area contributed by atoms with E-state index < -0.39 is 0 Å². The molecule has 100 valence electrons. The third-order valence-electron chi connectivity index (χ3n) is 3.04. The van der Waals surface area contributed by atoms with Crippen LogP contribution in [0.1, 0.15) is 33.1 Å². The second-order valence-electron chi connectivity index (χ2n) is 4.56. The SMILES string of the molecule is CC=C(CCC=CCOC)CC(C)(CO)NC. The summed E-state index contributed by atoms with van der Waals surface area (Å²) < 4.78 is 4.95. The summed E-state index contributed by atoms with van der Waals surface area (Å²) in [6.45, 7) is 4.93. The van der Waals surface area contributed by atoms with Crippen LogP contribution in [-0.4, -0.2) is 38.0 Å². The van der Waals surface area contributed by atoms with Crippen molar-refractivity contribution in [3.63, 3.8) is 0 Å². The first-order valence-electron chi connectivity index (χ1n) is 6.19. The van der Waals surface area contributed by atoms with Crippen LogP contribution in [0.2, 0.25) is 0 Å². The van der Waals surface area contributed by atoms with Gasteiger partial charge < -0.3 is 15.2 Å². The van der Waals surface area contributed by atoms with Crippen LogP contribution in [0.15, 0.2) is 23.8 Å². The van der Waals surface area contributed by atoms with Gasteiger partial charge in [0, 0.05) is 12.6 Å². The number of rotatable bonds is 9. The molecule has 1 unspecified atom stereocenters. The largest absolute Gasteiger partial charge is 0.394 e. The molecule has 0 saturated heterocycles. The molecular weight excluding hydrogens is 214 g/mol. The van der Waals surface area contributed by atoms with Gasteiger partial charge in [0.1, 0.15) is 0 Å². The third kappa shape index (κ3) is 7.31. The zero-order valence-electron chi connectivity index (χ0n) is 11.6. The van der Waals surface area contributed by atoms with Crippen LogP contribution in [0.3, 0.4) is 0 Å². The fraction of sp³-hybridized carbons (Fsp3) is 0.714. The quantitative estimate of drug-likeness (QED) is 0.609. The molecular formula is C14H27NO2. The highest BCUT2D eigenvalue weighted by Gasteiger charge is 2.21. The van der Waals surface area contributed by atoms with Crippen molar-refractivity contribution in [2.75, 3.05) is 27.4 Å². The number of nitrogens with one attached hydrogen (secondary N) is 1. The number of allylic oxidation sites excluding steroid dienone is 2. The summed E-state index contributed by atoms with van der Waals surface area (Å²) in [5, 5.41) is 12.5. The summed E-state index contributed by atoms with van der Waals surface area (Å²) in [6, 6.07) is 0. The van der Waals surface area contributed by atoms with Gasteiger partial charge in [-0.25, -0.2) is 0 Å². The molecule has 0 aromatic heterocycles. The van der Waals surface area contributed by atoms with E-state index >= 15 is 0 Å². The highest BCUT2D eigenvalue weighted by molar-refractivity contribution is 5.08. The Morgan fingerprint density at radius 1 is 1.41 bits per heavy atom. The molecule has 17 heavy (non-hydrogen) atoms. The Balaban J connectivity index is 4.09. The molecule has 0 aliphatic rings. The normalized spacial score (nSPS) is 16.4. The molecule has 0 fully saturated rings. The summed E-state index contributed by atoms with van der Waals surface area (Å²) in [5.41, 5.74) is 1.16. The number of aliphatic hydroxyl groups excluding tert-OH is 1. The molecule has 0 bridgehead atoms. The highest BCUT2D eigenvalue weighted by Crippen LogP contribution is 2.19. The molecule has 0 aromatic carbocycles. The van der Waals surface area contributed by atoms with Crippen LogP contribution in [0.5, 0.6) is 0 Å². The Morgan fingerprint density at radius 3 is 2.59 bits per heavy atom. The van der Waals surface area contributed by atoms with E-state index in [2.05, 4.69) is 24.4 Å². The molecule has 0 spiro atoms. The van der Waals surface area contributed by atoms with Gasteiger partial charge in [0.05, 0.1) is 13.2 Å². The lowest BCUT2D eigenvalue weighted by Crippen LogP contribution is -2.43. The Bertz CT molecular complexity index is 243. The first-order chi connectivity index (χ1) is 8.11. The van der Waals surface area contributed by atoms with E-state index in [1.165, 1.54) is 5.57 Å². The zero-order valence-corrected chi connectivity index (χ0v) is 11.6. The number of hydrogen-bond acceptors (Lipinski definition) is 3. The molecule has 0 saturated carbocycles. The second-order valence-corrected chi connectivity index (χ2v) is 4.56. The van der Waals surface area contributed by atoms with Gasteiger partial charge in [-0.3, -0.25) is 0 Å². The van der Waals surface area contributed by atoms with Crippen molar-refractivity contribution in [1.82, 2.24) is 5.32 Å². The van der Waals surface area contributed by atoms with Gasteiger partial charge in [-0.05, 0) is 40.2 Å². The predicted octanol–water partition coefficient (Wildman–Crippen LogP) is 2.28. The van der Waals surface area contributed by atoms with Crippen molar-refractivity contribution in [1.29, 1.82) is 0 Å². The molecule has 1 atom stereocenters. The smallest absolute Gasteiger partial charge is 0.0643 e. The lowest BCUT2D eigenvalue weighted by Gasteiger charge is -2.28. The minimum Gasteiger partial charge on any atom is -0.394 e. The Hall–Kier alpha value is -0.640. The van der Waals surface area contributed by atoms with Crippen molar-refractivity contribution in [2.45, 2.75) is 38.6 Å². The van der Waals surface area contributed by atoms with Gasteiger partial charge in [-0.15, -0.1) is 0 Å². The third-order valence-corrected chi connectivity index (χ3v) is 3.04. The maximum absolute atomic E-state index is 9.35. The molecule has 0 aliphatic carbocycles. The first-order valence-corrected chi connectivity index (χ1v) is 6.19. The van der Waals surface area contributed by atoms with E-state index in [0.29, 0.717) is 6.61 Å². The van der Waals surface area contributed by atoms with Gasteiger partial charge in [0.15, 0.2) is 0 Å². The fourth-order valence-electron chi connectivity index (χ4n) is 1.61. The molecule has 3 nitrogen and oxygen atoms in total. The van der Waals surface area contributed by atoms with Gasteiger partial charge in [-0.2, -0.15) is 0 Å². The summed E-state index contributed by atoms with van der Waals surface area (Å²) in [7, 11) is 3.59. The molecule has 0 rings (SSSR count). The number of methoxy groups -OCH3 is 1. The maximum Gasteiger partial charge on any atom is 0.0643 e. The molecule has 2 N–H and O–H groups in total. The summed E-state index contributed by atoms with van der Waals surface area (Å²) in [6.07, 6.45) is 9.27.